The summed E-state index contributed by atoms with van der Waals surface area (Å²) in [5.41, 5.74) is 0. The predicted octanol–water partition coefficient (Wildman–Crippen LogP) is 10.7. The molecular weight excluding hydrogens is 721 g/mol. The lowest BCUT2D eigenvalue weighted by atomic mass is 10.4. The van der Waals surface area contributed by atoms with E-state index in [0.29, 0.717) is 79.3 Å². The predicted molar refractivity (Wildman–Crippen MR) is 197 cm³/mol. The normalized spacial score (nSPS) is 16.5. The lowest BCUT2D eigenvalue weighted by molar-refractivity contribution is 0.110. The summed E-state index contributed by atoms with van der Waals surface area (Å²) in [6.45, 7) is 7.19. The van der Waals surface area contributed by atoms with Crippen molar-refractivity contribution in [1.82, 2.24) is 0 Å². The standard InChI is InChI=1S/C36H36O6S6/c1-2-26-14-38-16-28-5-6-30(45-28)18-40-20-32-9-10-34(47-32)22-42-24-36-12-11-35(48-36)23-41-21-33-8-7-31(46-33)19-39-17-29-4-3-27(44-29)15-37-13-25(1)43-26/h1-12H,13-24H2. The fraction of sp³-hybridized carbons (Fsp3) is 0.333. The smallest absolute Gasteiger partial charge is 0.0814 e. The van der Waals surface area contributed by atoms with Crippen LogP contribution in [0, 0.1) is 0 Å². The first-order valence-electron chi connectivity index (χ1n) is 15.6. The van der Waals surface area contributed by atoms with Crippen LogP contribution in [0.2, 0.25) is 0 Å². The van der Waals surface area contributed by atoms with E-state index in [4.69, 9.17) is 28.4 Å². The molecule has 0 saturated carbocycles. The zero-order chi connectivity index (χ0) is 32.4. The maximum Gasteiger partial charge on any atom is 0.0814 e. The Labute approximate surface area is 305 Å². The average molecular weight is 757 g/mol. The Morgan fingerprint density at radius 2 is 0.312 bits per heavy atom. The maximum atomic E-state index is 6.03. The van der Waals surface area contributed by atoms with Gasteiger partial charge < -0.3 is 28.4 Å². The molecule has 0 aliphatic carbocycles. The number of fused-ring (bicyclic) bond motifs is 12. The van der Waals surface area contributed by atoms with Gasteiger partial charge in [0.15, 0.2) is 0 Å². The quantitative estimate of drug-likeness (QED) is 0.154. The van der Waals surface area contributed by atoms with Gasteiger partial charge in [0, 0.05) is 58.5 Å². The third-order valence-electron chi connectivity index (χ3n) is 7.24. The number of ether oxygens (including phenoxy) is 6. The number of hydrogen-bond acceptors (Lipinski definition) is 12. The van der Waals surface area contributed by atoms with Gasteiger partial charge in [-0.05, 0) is 72.8 Å². The molecule has 12 bridgehead atoms. The molecule has 0 aromatic carbocycles. The highest BCUT2D eigenvalue weighted by Crippen LogP contribution is 2.26. The summed E-state index contributed by atoms with van der Waals surface area (Å²) in [6, 6.07) is 25.6. The minimum absolute atomic E-state index is 0.599. The van der Waals surface area contributed by atoms with Crippen molar-refractivity contribution in [2.24, 2.45) is 0 Å². The van der Waals surface area contributed by atoms with Crippen molar-refractivity contribution in [1.29, 1.82) is 0 Å². The Balaban J connectivity index is 0.931. The summed E-state index contributed by atoms with van der Waals surface area (Å²) in [7, 11) is 0. The molecular formula is C36H36O6S6. The van der Waals surface area contributed by atoms with Crippen molar-refractivity contribution in [2.75, 3.05) is 0 Å². The van der Waals surface area contributed by atoms with E-state index in [1.165, 1.54) is 58.5 Å². The summed E-state index contributed by atoms with van der Waals surface area (Å²) in [6.07, 6.45) is 0. The Morgan fingerprint density at radius 3 is 0.417 bits per heavy atom. The van der Waals surface area contributed by atoms with E-state index in [2.05, 4.69) is 72.8 Å². The summed E-state index contributed by atoms with van der Waals surface area (Å²) in [5.74, 6) is 0. The molecule has 6 aromatic heterocycles. The van der Waals surface area contributed by atoms with Crippen molar-refractivity contribution in [3.05, 3.63) is 131 Å². The highest BCUT2D eigenvalue weighted by Gasteiger charge is 2.09. The number of hydrogen-bond donors (Lipinski definition) is 0. The van der Waals surface area contributed by atoms with Gasteiger partial charge in [-0.1, -0.05) is 0 Å². The molecule has 48 heavy (non-hydrogen) atoms. The third kappa shape index (κ3) is 10.5. The van der Waals surface area contributed by atoms with E-state index in [0.717, 1.165) is 0 Å². The van der Waals surface area contributed by atoms with E-state index >= 15 is 0 Å². The van der Waals surface area contributed by atoms with Crippen molar-refractivity contribution in [3.63, 3.8) is 0 Å². The van der Waals surface area contributed by atoms with E-state index < -0.39 is 0 Å². The van der Waals surface area contributed by atoms with Crippen LogP contribution in [0.4, 0.5) is 0 Å². The van der Waals surface area contributed by atoms with Gasteiger partial charge in [-0.15, -0.1) is 68.0 Å². The molecule has 0 saturated heterocycles. The fourth-order valence-electron chi connectivity index (χ4n) is 4.98. The van der Waals surface area contributed by atoms with Gasteiger partial charge >= 0.3 is 0 Å². The Hall–Kier alpha value is -2.04. The van der Waals surface area contributed by atoms with E-state index in [9.17, 15) is 0 Å². The third-order valence-corrected chi connectivity index (χ3v) is 13.4. The van der Waals surface area contributed by atoms with Crippen molar-refractivity contribution >= 4 is 68.0 Å². The fourth-order valence-corrected chi connectivity index (χ4v) is 10.3. The number of rotatable bonds is 0. The second-order valence-electron chi connectivity index (χ2n) is 11.2. The molecule has 0 amide bonds. The second-order valence-corrected chi connectivity index (χ2v) is 18.7. The van der Waals surface area contributed by atoms with Crippen LogP contribution in [-0.2, 0) is 108 Å². The van der Waals surface area contributed by atoms with Crippen LogP contribution in [0.1, 0.15) is 58.5 Å². The van der Waals surface area contributed by atoms with E-state index in [-0.39, 0.29) is 0 Å². The maximum absolute atomic E-state index is 6.03. The Kier molecular flexibility index (Phi) is 12.7. The molecule has 0 fully saturated rings. The average Bonchev–Trinajstić information content (AvgIpc) is 3.93. The first-order valence-corrected chi connectivity index (χ1v) is 20.5. The first kappa shape index (κ1) is 34.4. The number of thiophene rings is 6. The van der Waals surface area contributed by atoms with Gasteiger partial charge in [0.2, 0.25) is 0 Å². The van der Waals surface area contributed by atoms with Crippen molar-refractivity contribution < 1.29 is 28.4 Å². The summed E-state index contributed by atoms with van der Waals surface area (Å²) in [4.78, 5) is 14.5. The van der Waals surface area contributed by atoms with Gasteiger partial charge in [-0.2, -0.15) is 0 Å². The van der Waals surface area contributed by atoms with Crippen LogP contribution in [0.3, 0.4) is 0 Å². The molecule has 0 spiro atoms. The molecule has 6 aromatic rings. The Morgan fingerprint density at radius 1 is 0.208 bits per heavy atom. The lowest BCUT2D eigenvalue weighted by Gasteiger charge is -2.03. The highest BCUT2D eigenvalue weighted by atomic mass is 32.1. The molecule has 12 heteroatoms. The first-order chi connectivity index (χ1) is 23.7. The molecule has 0 radical (unpaired) electrons. The van der Waals surface area contributed by atoms with Gasteiger partial charge in [0.25, 0.3) is 0 Å². The minimum Gasteiger partial charge on any atom is -0.370 e. The highest BCUT2D eigenvalue weighted by molar-refractivity contribution is 7.13. The zero-order valence-electron chi connectivity index (χ0n) is 26.3. The topological polar surface area (TPSA) is 55.4 Å². The molecule has 1 aliphatic rings. The van der Waals surface area contributed by atoms with E-state index in [1.54, 1.807) is 68.0 Å². The summed E-state index contributed by atoms with van der Waals surface area (Å²) >= 11 is 10.5. The molecule has 0 unspecified atom stereocenters. The molecule has 7 rings (SSSR count). The molecule has 7 heterocycles. The lowest BCUT2D eigenvalue weighted by Crippen LogP contribution is -1.91. The molecule has 252 valence electrons. The molecule has 0 N–H and O–H groups in total. The van der Waals surface area contributed by atoms with Crippen LogP contribution in [0.5, 0.6) is 0 Å². The van der Waals surface area contributed by atoms with Crippen LogP contribution in [0.15, 0.2) is 72.8 Å². The van der Waals surface area contributed by atoms with Crippen LogP contribution >= 0.6 is 68.0 Å². The van der Waals surface area contributed by atoms with Gasteiger partial charge in [0.1, 0.15) is 0 Å². The monoisotopic (exact) mass is 756 g/mol. The van der Waals surface area contributed by atoms with Gasteiger partial charge in [-0.3, -0.25) is 0 Å². The molecule has 0 atom stereocenters. The van der Waals surface area contributed by atoms with Crippen LogP contribution in [-0.4, -0.2) is 0 Å². The SMILES string of the molecule is c1cc2sc1COCc1ccc(s1)COCc1ccc(s1)COCc1ccc(s1)COCc1ccc(s1)COCc1ccc(s1)COC2. The van der Waals surface area contributed by atoms with Crippen molar-refractivity contribution in [3.8, 4) is 0 Å². The summed E-state index contributed by atoms with van der Waals surface area (Å²) in [5, 5.41) is 0. The largest absolute Gasteiger partial charge is 0.370 e. The second kappa shape index (κ2) is 17.8. The van der Waals surface area contributed by atoms with Gasteiger partial charge in [-0.25, -0.2) is 0 Å². The molecule has 1 aliphatic heterocycles. The molecule has 6 nitrogen and oxygen atoms in total. The van der Waals surface area contributed by atoms with E-state index in [1.807, 2.05) is 0 Å². The minimum atomic E-state index is 0.599. The van der Waals surface area contributed by atoms with Crippen LogP contribution in [0.25, 0.3) is 0 Å². The van der Waals surface area contributed by atoms with Crippen molar-refractivity contribution in [2.45, 2.75) is 79.3 Å². The summed E-state index contributed by atoms with van der Waals surface area (Å²) < 4.78 is 36.2. The zero-order valence-corrected chi connectivity index (χ0v) is 31.2. The van der Waals surface area contributed by atoms with Gasteiger partial charge in [0.05, 0.1) is 79.3 Å². The van der Waals surface area contributed by atoms with Crippen LogP contribution < -0.4 is 0 Å². The Bertz CT molecular complexity index is 1390.